The summed E-state index contributed by atoms with van der Waals surface area (Å²) in [6, 6.07) is 0. The Morgan fingerprint density at radius 3 is 2.20 bits per heavy atom. The second kappa shape index (κ2) is 6.33. The summed E-state index contributed by atoms with van der Waals surface area (Å²) in [5.41, 5.74) is 0. The first kappa shape index (κ1) is 13.8. The monoisotopic (exact) mass is 222 g/mol. The molecule has 3 atom stereocenters. The number of aliphatic carboxylic acids is 1. The van der Waals surface area contributed by atoms with E-state index in [9.17, 15) is 9.59 Å². The zero-order valence-corrected chi connectivity index (χ0v) is 8.16. The quantitative estimate of drug-likeness (QED) is 0.382. The van der Waals surface area contributed by atoms with Crippen LogP contribution < -0.4 is 0 Å². The molecule has 88 valence electrons. The largest absolute Gasteiger partial charge is 0.479 e. The highest BCUT2D eigenvalue weighted by Crippen LogP contribution is 2.00. The van der Waals surface area contributed by atoms with Crippen LogP contribution in [-0.4, -0.2) is 57.8 Å². The Bertz CT molecular complexity index is 227. The first-order chi connectivity index (χ1) is 6.90. The molecule has 7 nitrogen and oxygen atoms in total. The molecule has 15 heavy (non-hydrogen) atoms. The Morgan fingerprint density at radius 2 is 1.80 bits per heavy atom. The minimum absolute atomic E-state index is 0.154. The Hall–Kier alpha value is -1.18. The number of rotatable bonds is 6. The molecular weight excluding hydrogens is 208 g/mol. The van der Waals surface area contributed by atoms with Gasteiger partial charge in [-0.3, -0.25) is 0 Å². The van der Waals surface area contributed by atoms with E-state index in [2.05, 4.69) is 4.74 Å². The second-order valence-electron chi connectivity index (χ2n) is 3.15. The van der Waals surface area contributed by atoms with E-state index in [0.29, 0.717) is 0 Å². The van der Waals surface area contributed by atoms with Crippen molar-refractivity contribution < 1.29 is 34.8 Å². The molecule has 0 aliphatic heterocycles. The van der Waals surface area contributed by atoms with Gasteiger partial charge in [0.15, 0.2) is 12.2 Å². The highest BCUT2D eigenvalue weighted by Gasteiger charge is 2.31. The number of carbonyl (C=O) groups excluding carboxylic acids is 1. The molecule has 0 aromatic carbocycles. The summed E-state index contributed by atoms with van der Waals surface area (Å²) in [7, 11) is 0. The molecule has 0 bridgehead atoms. The number of aliphatic hydroxyl groups excluding tert-OH is 3. The summed E-state index contributed by atoms with van der Waals surface area (Å²) in [6.07, 6.45) is -4.32. The zero-order valence-electron chi connectivity index (χ0n) is 8.16. The summed E-state index contributed by atoms with van der Waals surface area (Å²) < 4.78 is 4.46. The summed E-state index contributed by atoms with van der Waals surface area (Å²) in [6.45, 7) is 1.23. The molecule has 0 aliphatic rings. The van der Waals surface area contributed by atoms with Crippen molar-refractivity contribution in [1.82, 2.24) is 0 Å². The van der Waals surface area contributed by atoms with E-state index in [4.69, 9.17) is 20.4 Å². The molecule has 0 heterocycles. The minimum atomic E-state index is -2.21. The maximum absolute atomic E-state index is 10.9. The Kier molecular flexibility index (Phi) is 5.83. The number of ether oxygens (including phenoxy) is 1. The average molecular weight is 222 g/mol. The van der Waals surface area contributed by atoms with Crippen molar-refractivity contribution in [2.75, 3.05) is 13.2 Å². The van der Waals surface area contributed by atoms with Crippen LogP contribution >= 0.6 is 0 Å². The average Bonchev–Trinajstić information content (AvgIpc) is 2.22. The van der Waals surface area contributed by atoms with E-state index in [1.165, 1.54) is 0 Å². The lowest BCUT2D eigenvalue weighted by Gasteiger charge is -2.14. The van der Waals surface area contributed by atoms with Crippen molar-refractivity contribution >= 4 is 11.9 Å². The van der Waals surface area contributed by atoms with Gasteiger partial charge < -0.3 is 25.2 Å². The third-order valence-electron chi connectivity index (χ3n) is 1.62. The number of aliphatic hydroxyl groups is 3. The van der Waals surface area contributed by atoms with Crippen LogP contribution in [0.1, 0.15) is 6.92 Å². The van der Waals surface area contributed by atoms with Gasteiger partial charge in [-0.25, -0.2) is 9.59 Å². The highest BCUT2D eigenvalue weighted by atomic mass is 16.6. The molecule has 0 saturated carbocycles. The first-order valence-corrected chi connectivity index (χ1v) is 4.26. The van der Waals surface area contributed by atoms with Crippen molar-refractivity contribution in [2.45, 2.75) is 19.1 Å². The van der Waals surface area contributed by atoms with Gasteiger partial charge in [-0.1, -0.05) is 6.92 Å². The van der Waals surface area contributed by atoms with Crippen molar-refractivity contribution in [3.63, 3.8) is 0 Å². The number of hydrogen-bond donors (Lipinski definition) is 4. The molecule has 0 aromatic heterocycles. The van der Waals surface area contributed by atoms with E-state index in [1.807, 2.05) is 0 Å². The van der Waals surface area contributed by atoms with Gasteiger partial charge in [0.25, 0.3) is 0 Å². The molecule has 0 spiro atoms. The number of hydrogen-bond acceptors (Lipinski definition) is 6. The zero-order chi connectivity index (χ0) is 12.0. The summed E-state index contributed by atoms with van der Waals surface area (Å²) in [5.74, 6) is -3.26. The topological polar surface area (TPSA) is 124 Å². The van der Waals surface area contributed by atoms with Crippen molar-refractivity contribution in [3.05, 3.63) is 0 Å². The van der Waals surface area contributed by atoms with E-state index in [-0.39, 0.29) is 19.1 Å². The van der Waals surface area contributed by atoms with Crippen LogP contribution in [-0.2, 0) is 14.3 Å². The fourth-order valence-corrected chi connectivity index (χ4v) is 0.626. The number of carboxylic acids is 1. The van der Waals surface area contributed by atoms with E-state index in [1.54, 1.807) is 6.92 Å². The third-order valence-corrected chi connectivity index (χ3v) is 1.62. The molecule has 0 fully saturated rings. The van der Waals surface area contributed by atoms with Crippen LogP contribution in [0.2, 0.25) is 0 Å². The molecule has 0 aliphatic carbocycles. The minimum Gasteiger partial charge on any atom is -0.479 e. The van der Waals surface area contributed by atoms with Gasteiger partial charge in [-0.15, -0.1) is 0 Å². The van der Waals surface area contributed by atoms with E-state index < -0.39 is 24.1 Å². The van der Waals surface area contributed by atoms with Gasteiger partial charge >= 0.3 is 11.9 Å². The number of carbonyl (C=O) groups is 2. The van der Waals surface area contributed by atoms with Crippen molar-refractivity contribution in [2.24, 2.45) is 5.92 Å². The van der Waals surface area contributed by atoms with Gasteiger partial charge in [0.05, 0.1) is 6.61 Å². The fourth-order valence-electron chi connectivity index (χ4n) is 0.626. The fraction of sp³-hybridized carbons (Fsp3) is 0.750. The number of esters is 1. The van der Waals surface area contributed by atoms with Crippen molar-refractivity contribution in [3.8, 4) is 0 Å². The number of carboxylic acid groups (broad SMARTS) is 1. The van der Waals surface area contributed by atoms with Crippen molar-refractivity contribution in [1.29, 1.82) is 0 Å². The maximum atomic E-state index is 10.9. The van der Waals surface area contributed by atoms with Crippen LogP contribution in [0.3, 0.4) is 0 Å². The van der Waals surface area contributed by atoms with Gasteiger partial charge in [0, 0.05) is 12.5 Å². The molecular formula is C8H14O7. The summed E-state index contributed by atoms with van der Waals surface area (Å²) >= 11 is 0. The molecule has 0 aromatic rings. The molecule has 3 unspecified atom stereocenters. The maximum Gasteiger partial charge on any atom is 0.338 e. The SMILES string of the molecule is CC(CO)COC(=O)C(O)C(O)C(=O)O. The van der Waals surface area contributed by atoms with Gasteiger partial charge in [0.2, 0.25) is 0 Å². The van der Waals surface area contributed by atoms with Crippen LogP contribution in [0.5, 0.6) is 0 Å². The Morgan fingerprint density at radius 1 is 1.27 bits per heavy atom. The Balaban J connectivity index is 4.05. The lowest BCUT2D eigenvalue weighted by atomic mass is 10.2. The summed E-state index contributed by atoms with van der Waals surface area (Å²) in [4.78, 5) is 21.1. The molecule has 0 saturated heterocycles. The first-order valence-electron chi connectivity index (χ1n) is 4.26. The molecule has 0 rings (SSSR count). The van der Waals surface area contributed by atoms with Gasteiger partial charge in [-0.05, 0) is 0 Å². The third kappa shape index (κ3) is 4.73. The predicted octanol–water partition coefficient (Wildman–Crippen LogP) is -2.04. The standard InChI is InChI=1S/C8H14O7/c1-4(2-9)3-15-8(14)6(11)5(10)7(12)13/h4-6,9-11H,2-3H2,1H3,(H,12,13). The van der Waals surface area contributed by atoms with E-state index in [0.717, 1.165) is 0 Å². The Labute approximate surface area is 85.9 Å². The molecule has 0 amide bonds. The van der Waals surface area contributed by atoms with Crippen LogP contribution in [0.15, 0.2) is 0 Å². The van der Waals surface area contributed by atoms with E-state index >= 15 is 0 Å². The smallest absolute Gasteiger partial charge is 0.338 e. The predicted molar refractivity (Wildman–Crippen MR) is 46.9 cm³/mol. The van der Waals surface area contributed by atoms with Crippen LogP contribution in [0, 0.1) is 5.92 Å². The van der Waals surface area contributed by atoms with Gasteiger partial charge in [0.1, 0.15) is 0 Å². The lowest BCUT2D eigenvalue weighted by molar-refractivity contribution is -0.170. The van der Waals surface area contributed by atoms with Crippen LogP contribution in [0.25, 0.3) is 0 Å². The second-order valence-corrected chi connectivity index (χ2v) is 3.15. The normalized spacial score (nSPS) is 16.5. The molecule has 7 heteroatoms. The lowest BCUT2D eigenvalue weighted by Crippen LogP contribution is -2.41. The van der Waals surface area contributed by atoms with Gasteiger partial charge in [-0.2, -0.15) is 0 Å². The highest BCUT2D eigenvalue weighted by molar-refractivity contribution is 5.84. The molecule has 0 radical (unpaired) electrons. The van der Waals surface area contributed by atoms with Crippen LogP contribution in [0.4, 0.5) is 0 Å². The molecule has 4 N–H and O–H groups in total. The summed E-state index contributed by atoms with van der Waals surface area (Å²) in [5, 5.41) is 34.6.